The predicted molar refractivity (Wildman–Crippen MR) is 172 cm³/mol. The number of phenolic OH excluding ortho intramolecular Hbond substituents is 1. The van der Waals surface area contributed by atoms with Gasteiger partial charge in [0.25, 0.3) is 0 Å². The minimum Gasteiger partial charge on any atom is -0.667 e. The van der Waals surface area contributed by atoms with Crippen LogP contribution in [-0.4, -0.2) is 39.1 Å². The number of aromatic hydroxyl groups is 1. The number of nitrogens with zero attached hydrogens (tertiary/aromatic N) is 2. The van der Waals surface area contributed by atoms with Crippen LogP contribution in [-0.2, 0) is 11.8 Å². The zero-order valence-electron chi connectivity index (χ0n) is 26.0. The molecule has 0 saturated heterocycles. The SMILES string of the molecule is CCCCCCCC(O)CC(O)CCc1ccc(O)c(OCCC(c2ccnc(N)c2)C2(c3ccc[n-]3)CCCCC2)c1. The number of pyridine rings is 1. The van der Waals surface area contributed by atoms with Crippen LogP contribution in [0.4, 0.5) is 5.82 Å². The maximum absolute atomic E-state index is 10.6. The lowest BCUT2D eigenvalue weighted by Gasteiger charge is -2.47. The summed E-state index contributed by atoms with van der Waals surface area (Å²) < 4.78 is 6.24. The Hall–Kier alpha value is -3.03. The Labute approximate surface area is 257 Å². The van der Waals surface area contributed by atoms with Crippen molar-refractivity contribution >= 4 is 5.82 Å². The van der Waals surface area contributed by atoms with Gasteiger partial charge in [-0.2, -0.15) is 11.9 Å². The van der Waals surface area contributed by atoms with Crippen LogP contribution >= 0.6 is 0 Å². The molecule has 1 aromatic carbocycles. The lowest BCUT2D eigenvalue weighted by Crippen LogP contribution is -2.37. The number of aliphatic hydroxyl groups is 2. The zero-order chi connectivity index (χ0) is 30.5. The molecular formula is C36H52N3O4-. The fourth-order valence-electron chi connectivity index (χ4n) is 6.99. The quantitative estimate of drug-likeness (QED) is 0.116. The standard InChI is InChI=1S/C36H52N3O4/c1-2-3-4-5-7-11-29(40)26-30(41)15-13-27-14-16-32(42)33(24-27)43-23-18-31(28-17-22-39-35(37)25-28)36(19-8-6-9-20-36)34-12-10-21-38-34/h10,12,14,16-17,21-22,24-25,29-31,40-42H,2-9,11,13,15,18-20,23,26H2,1H3,(H2,37,39)/q-1. The van der Waals surface area contributed by atoms with E-state index >= 15 is 0 Å². The molecule has 3 atom stereocenters. The average molecular weight is 591 g/mol. The Morgan fingerprint density at radius 3 is 2.49 bits per heavy atom. The predicted octanol–water partition coefficient (Wildman–Crippen LogP) is 7.19. The van der Waals surface area contributed by atoms with E-state index in [9.17, 15) is 15.3 Å². The third-order valence-corrected chi connectivity index (χ3v) is 9.32. The molecule has 3 aromatic rings. The summed E-state index contributed by atoms with van der Waals surface area (Å²) in [5.74, 6) is 1.22. The highest BCUT2D eigenvalue weighted by Crippen LogP contribution is 2.50. The van der Waals surface area contributed by atoms with E-state index < -0.39 is 12.2 Å². The highest BCUT2D eigenvalue weighted by molar-refractivity contribution is 5.42. The summed E-state index contributed by atoms with van der Waals surface area (Å²) in [4.78, 5) is 9.02. The summed E-state index contributed by atoms with van der Waals surface area (Å²) in [7, 11) is 0. The maximum Gasteiger partial charge on any atom is 0.161 e. The van der Waals surface area contributed by atoms with Gasteiger partial charge in [-0.1, -0.05) is 76.5 Å². The molecule has 0 radical (unpaired) electrons. The van der Waals surface area contributed by atoms with E-state index in [1.807, 2.05) is 30.5 Å². The highest BCUT2D eigenvalue weighted by atomic mass is 16.5. The topological polar surface area (TPSA) is 123 Å². The minimum atomic E-state index is -0.561. The second-order valence-electron chi connectivity index (χ2n) is 12.5. The smallest absolute Gasteiger partial charge is 0.161 e. The molecule has 0 bridgehead atoms. The summed E-state index contributed by atoms with van der Waals surface area (Å²) in [6.07, 6.45) is 17.2. The lowest BCUT2D eigenvalue weighted by molar-refractivity contribution is 0.0697. The van der Waals surface area contributed by atoms with Crippen LogP contribution in [0.3, 0.4) is 0 Å². The van der Waals surface area contributed by atoms with E-state index in [0.717, 1.165) is 68.2 Å². The number of aryl methyl sites for hydroxylation is 1. The first-order chi connectivity index (χ1) is 20.9. The summed E-state index contributed by atoms with van der Waals surface area (Å²) in [6.45, 7) is 2.63. The molecule has 3 unspecified atom stereocenters. The van der Waals surface area contributed by atoms with Crippen LogP contribution in [0.15, 0.2) is 54.9 Å². The van der Waals surface area contributed by atoms with Crippen molar-refractivity contribution in [3.63, 3.8) is 0 Å². The van der Waals surface area contributed by atoms with Crippen LogP contribution in [0, 0.1) is 0 Å². The second kappa shape index (κ2) is 16.7. The Morgan fingerprint density at radius 2 is 1.74 bits per heavy atom. The molecule has 2 heterocycles. The van der Waals surface area contributed by atoms with Crippen molar-refractivity contribution in [1.82, 2.24) is 9.97 Å². The van der Waals surface area contributed by atoms with Gasteiger partial charge in [-0.25, -0.2) is 4.98 Å². The number of aliphatic hydroxyl groups excluding tert-OH is 2. The third-order valence-electron chi connectivity index (χ3n) is 9.32. The number of hydrogen-bond donors (Lipinski definition) is 4. The molecular weight excluding hydrogens is 538 g/mol. The first-order valence-electron chi connectivity index (χ1n) is 16.5. The summed E-state index contributed by atoms with van der Waals surface area (Å²) in [5.41, 5.74) is 9.31. The van der Waals surface area contributed by atoms with Gasteiger partial charge in [-0.15, -0.1) is 0 Å². The van der Waals surface area contributed by atoms with E-state index in [-0.39, 0.29) is 17.1 Å². The van der Waals surface area contributed by atoms with Crippen LogP contribution in [0.1, 0.15) is 120 Å². The molecule has 1 aliphatic carbocycles. The number of rotatable bonds is 18. The molecule has 5 N–H and O–H groups in total. The minimum absolute atomic E-state index is 0.0982. The van der Waals surface area contributed by atoms with Crippen molar-refractivity contribution in [1.29, 1.82) is 0 Å². The van der Waals surface area contributed by atoms with Crippen LogP contribution in [0.25, 0.3) is 0 Å². The first kappa shape index (κ1) is 32.9. The summed E-state index contributed by atoms with van der Waals surface area (Å²) in [5, 5.41) is 31.5. The number of hydrogen-bond acceptors (Lipinski definition) is 6. The molecule has 0 spiro atoms. The highest BCUT2D eigenvalue weighted by Gasteiger charge is 2.39. The number of aromatic nitrogens is 2. The number of benzene rings is 1. The van der Waals surface area contributed by atoms with Gasteiger partial charge in [0.1, 0.15) is 5.82 Å². The van der Waals surface area contributed by atoms with Crippen LogP contribution < -0.4 is 15.5 Å². The van der Waals surface area contributed by atoms with Gasteiger partial charge in [0.15, 0.2) is 11.5 Å². The number of nitrogen functional groups attached to an aromatic ring is 1. The number of nitrogens with two attached hydrogens (primary N) is 1. The van der Waals surface area contributed by atoms with E-state index in [1.54, 1.807) is 12.3 Å². The summed E-state index contributed by atoms with van der Waals surface area (Å²) >= 11 is 0. The number of phenols is 1. The Balaban J connectivity index is 1.37. The largest absolute Gasteiger partial charge is 0.667 e. The van der Waals surface area contributed by atoms with Gasteiger partial charge in [0.05, 0.1) is 18.8 Å². The van der Waals surface area contributed by atoms with Gasteiger partial charge < -0.3 is 30.8 Å². The molecule has 7 nitrogen and oxygen atoms in total. The number of ether oxygens (including phenoxy) is 1. The third kappa shape index (κ3) is 9.48. The molecule has 0 aliphatic heterocycles. The monoisotopic (exact) mass is 590 g/mol. The van der Waals surface area contributed by atoms with Crippen molar-refractivity contribution in [2.45, 2.75) is 127 Å². The van der Waals surface area contributed by atoms with Crippen LogP contribution in [0.5, 0.6) is 11.5 Å². The van der Waals surface area contributed by atoms with Crippen molar-refractivity contribution in [3.05, 3.63) is 71.7 Å². The van der Waals surface area contributed by atoms with Gasteiger partial charge in [-0.3, -0.25) is 0 Å². The first-order valence-corrected chi connectivity index (χ1v) is 16.5. The Bertz CT molecular complexity index is 1210. The molecule has 1 fully saturated rings. The van der Waals surface area contributed by atoms with Crippen molar-refractivity contribution in [2.24, 2.45) is 0 Å². The van der Waals surface area contributed by atoms with Gasteiger partial charge in [0.2, 0.25) is 0 Å². The van der Waals surface area contributed by atoms with E-state index in [2.05, 4.69) is 24.0 Å². The molecule has 2 aromatic heterocycles. The zero-order valence-corrected chi connectivity index (χ0v) is 26.0. The number of anilines is 1. The molecule has 1 aliphatic rings. The Kier molecular flexibility index (Phi) is 12.8. The molecule has 0 amide bonds. The number of unbranched alkanes of at least 4 members (excludes halogenated alkanes) is 4. The molecule has 4 rings (SSSR count). The van der Waals surface area contributed by atoms with E-state index in [0.29, 0.717) is 37.4 Å². The van der Waals surface area contributed by atoms with E-state index in [4.69, 9.17) is 15.5 Å². The molecule has 1 saturated carbocycles. The van der Waals surface area contributed by atoms with Crippen LogP contribution in [0.2, 0.25) is 0 Å². The summed E-state index contributed by atoms with van der Waals surface area (Å²) in [6, 6.07) is 13.6. The Morgan fingerprint density at radius 1 is 0.953 bits per heavy atom. The van der Waals surface area contributed by atoms with Gasteiger partial charge in [-0.05, 0) is 91.7 Å². The van der Waals surface area contributed by atoms with Crippen molar-refractivity contribution < 1.29 is 20.1 Å². The average Bonchev–Trinajstić information content (AvgIpc) is 3.56. The molecule has 236 valence electrons. The second-order valence-corrected chi connectivity index (χ2v) is 12.5. The maximum atomic E-state index is 10.6. The fourth-order valence-corrected chi connectivity index (χ4v) is 6.99. The lowest BCUT2D eigenvalue weighted by atomic mass is 9.61. The normalized spacial score (nSPS) is 16.9. The fraction of sp³-hybridized carbons (Fsp3) is 0.583. The van der Waals surface area contributed by atoms with E-state index in [1.165, 1.54) is 25.7 Å². The van der Waals surface area contributed by atoms with Gasteiger partial charge >= 0.3 is 0 Å². The molecule has 7 heteroatoms. The van der Waals surface area contributed by atoms with Gasteiger partial charge in [0, 0.05) is 6.20 Å². The van der Waals surface area contributed by atoms with Crippen molar-refractivity contribution in [2.75, 3.05) is 12.3 Å². The molecule has 43 heavy (non-hydrogen) atoms. The van der Waals surface area contributed by atoms with Crippen molar-refractivity contribution in [3.8, 4) is 11.5 Å².